The number of esters is 1. The van der Waals surface area contributed by atoms with Crippen LogP contribution in [0.5, 0.6) is 0 Å². The van der Waals surface area contributed by atoms with Gasteiger partial charge in [-0.2, -0.15) is 0 Å². The summed E-state index contributed by atoms with van der Waals surface area (Å²) in [7, 11) is 0. The zero-order valence-corrected chi connectivity index (χ0v) is 9.00. The highest BCUT2D eigenvalue weighted by molar-refractivity contribution is 5.65. The van der Waals surface area contributed by atoms with Gasteiger partial charge in [-0.1, -0.05) is 5.11 Å². The van der Waals surface area contributed by atoms with Gasteiger partial charge in [0.15, 0.2) is 6.23 Å². The first-order valence-electron chi connectivity index (χ1n) is 4.84. The average molecular weight is 247 g/mol. The lowest BCUT2D eigenvalue weighted by Gasteiger charge is -2.38. The summed E-state index contributed by atoms with van der Waals surface area (Å²) in [4.78, 5) is 13.0. The summed E-state index contributed by atoms with van der Waals surface area (Å²) >= 11 is 0. The zero-order chi connectivity index (χ0) is 13.0. The molecule has 0 aromatic rings. The van der Waals surface area contributed by atoms with Crippen molar-refractivity contribution in [1.29, 1.82) is 0 Å². The third-order valence-electron chi connectivity index (χ3n) is 2.30. The van der Waals surface area contributed by atoms with E-state index in [0.29, 0.717) is 0 Å². The molecule has 0 bridgehead atoms. The third-order valence-corrected chi connectivity index (χ3v) is 2.30. The molecule has 0 aliphatic carbocycles. The molecule has 0 aromatic carbocycles. The van der Waals surface area contributed by atoms with Crippen molar-refractivity contribution in [2.75, 3.05) is 6.61 Å². The summed E-state index contributed by atoms with van der Waals surface area (Å²) < 4.78 is 9.62. The maximum atomic E-state index is 10.6. The molecular formula is C8H13N3O6. The summed E-state index contributed by atoms with van der Waals surface area (Å²) in [6.07, 6.45) is -6.91. The number of hydrogen-bond donors (Lipinski definition) is 3. The van der Waals surface area contributed by atoms with Crippen molar-refractivity contribution in [1.82, 2.24) is 0 Å². The first kappa shape index (κ1) is 13.7. The average Bonchev–Trinajstić information content (AvgIpc) is 2.28. The van der Waals surface area contributed by atoms with E-state index in [-0.39, 0.29) is 6.61 Å². The molecule has 0 saturated carbocycles. The summed E-state index contributed by atoms with van der Waals surface area (Å²) in [5.41, 5.74) is 8.23. The highest BCUT2D eigenvalue weighted by atomic mass is 16.6. The second-order valence-corrected chi connectivity index (χ2v) is 3.54. The van der Waals surface area contributed by atoms with E-state index in [0.717, 1.165) is 0 Å². The van der Waals surface area contributed by atoms with Crippen molar-refractivity contribution in [3.05, 3.63) is 10.4 Å². The second kappa shape index (κ2) is 5.80. The van der Waals surface area contributed by atoms with Gasteiger partial charge < -0.3 is 24.8 Å². The molecule has 1 fully saturated rings. The molecular weight excluding hydrogens is 234 g/mol. The molecule has 1 saturated heterocycles. The van der Waals surface area contributed by atoms with Crippen molar-refractivity contribution >= 4 is 5.97 Å². The van der Waals surface area contributed by atoms with Gasteiger partial charge in [0, 0.05) is 11.8 Å². The fourth-order valence-electron chi connectivity index (χ4n) is 1.41. The maximum absolute atomic E-state index is 10.6. The van der Waals surface area contributed by atoms with Gasteiger partial charge >= 0.3 is 5.97 Å². The normalized spacial score (nSPS) is 37.1. The molecule has 5 atom stereocenters. The Balaban J connectivity index is 2.70. The van der Waals surface area contributed by atoms with Gasteiger partial charge in [0.25, 0.3) is 0 Å². The quantitative estimate of drug-likeness (QED) is 0.244. The molecule has 1 aliphatic rings. The van der Waals surface area contributed by atoms with E-state index >= 15 is 0 Å². The molecule has 0 radical (unpaired) electrons. The van der Waals surface area contributed by atoms with Crippen LogP contribution in [0.15, 0.2) is 5.11 Å². The Hall–Kier alpha value is -1.38. The molecule has 96 valence electrons. The molecule has 0 amide bonds. The van der Waals surface area contributed by atoms with Gasteiger partial charge in [-0.05, 0) is 5.53 Å². The molecule has 9 nitrogen and oxygen atoms in total. The number of carbonyl (C=O) groups excluding carboxylic acids is 1. The minimum absolute atomic E-state index is 0.308. The Morgan fingerprint density at radius 3 is 2.59 bits per heavy atom. The molecule has 17 heavy (non-hydrogen) atoms. The summed E-state index contributed by atoms with van der Waals surface area (Å²) in [6.45, 7) is 0.864. The van der Waals surface area contributed by atoms with Crippen LogP contribution in [0.4, 0.5) is 0 Å². The fourth-order valence-corrected chi connectivity index (χ4v) is 1.41. The Bertz CT molecular complexity index is 331. The maximum Gasteiger partial charge on any atom is 0.302 e. The number of azide groups is 1. The number of hydrogen-bond acceptors (Lipinski definition) is 7. The van der Waals surface area contributed by atoms with Crippen molar-refractivity contribution in [2.24, 2.45) is 5.11 Å². The Morgan fingerprint density at radius 1 is 1.41 bits per heavy atom. The molecule has 1 rings (SSSR count). The number of carbonyl (C=O) groups is 1. The standard InChI is InChI=1S/C8H13N3O6/c1-3(12)16-2-4-5(13)6(14)7(15)8(17-4)10-11-9/h4-8,13-15H,2H2,1H3/t4-,5+,6-,7-,8+/m0/s1. The van der Waals surface area contributed by atoms with Gasteiger partial charge in [-0.25, -0.2) is 0 Å². The molecule has 3 N–H and O–H groups in total. The highest BCUT2D eigenvalue weighted by Gasteiger charge is 2.43. The largest absolute Gasteiger partial charge is 0.463 e. The highest BCUT2D eigenvalue weighted by Crippen LogP contribution is 2.22. The van der Waals surface area contributed by atoms with Crippen LogP contribution < -0.4 is 0 Å². The lowest BCUT2D eigenvalue weighted by Crippen LogP contribution is -2.58. The van der Waals surface area contributed by atoms with Crippen LogP contribution in [0.25, 0.3) is 10.4 Å². The number of aliphatic hydroxyl groups excluding tert-OH is 3. The predicted molar refractivity (Wildman–Crippen MR) is 52.5 cm³/mol. The topological polar surface area (TPSA) is 145 Å². The van der Waals surface area contributed by atoms with Gasteiger partial charge in [0.1, 0.15) is 31.0 Å². The van der Waals surface area contributed by atoms with Crippen molar-refractivity contribution in [2.45, 2.75) is 37.6 Å². The predicted octanol–water partition coefficient (Wildman–Crippen LogP) is -1.33. The first-order valence-corrected chi connectivity index (χ1v) is 4.84. The van der Waals surface area contributed by atoms with Crippen LogP contribution in [0.2, 0.25) is 0 Å². The van der Waals surface area contributed by atoms with E-state index in [4.69, 9.17) is 10.3 Å². The van der Waals surface area contributed by atoms with E-state index in [1.165, 1.54) is 6.92 Å². The lowest BCUT2D eigenvalue weighted by molar-refractivity contribution is -0.229. The van der Waals surface area contributed by atoms with Crippen LogP contribution in [0, 0.1) is 0 Å². The first-order chi connectivity index (χ1) is 7.97. The van der Waals surface area contributed by atoms with Gasteiger partial charge in [0.2, 0.25) is 0 Å². The van der Waals surface area contributed by atoms with E-state index in [2.05, 4.69) is 14.8 Å². The van der Waals surface area contributed by atoms with Gasteiger partial charge in [-0.3, -0.25) is 4.79 Å². The molecule has 0 unspecified atom stereocenters. The summed E-state index contributed by atoms with van der Waals surface area (Å²) in [6, 6.07) is 0. The lowest BCUT2D eigenvalue weighted by atomic mass is 9.99. The molecule has 0 aromatic heterocycles. The van der Waals surface area contributed by atoms with E-state index in [9.17, 15) is 20.1 Å². The minimum Gasteiger partial charge on any atom is -0.463 e. The second-order valence-electron chi connectivity index (χ2n) is 3.54. The fraction of sp³-hybridized carbons (Fsp3) is 0.875. The Kier molecular flexibility index (Phi) is 4.67. The van der Waals surface area contributed by atoms with Crippen LogP contribution >= 0.6 is 0 Å². The van der Waals surface area contributed by atoms with Crippen molar-refractivity contribution < 1.29 is 29.6 Å². The smallest absolute Gasteiger partial charge is 0.302 e. The molecule has 1 heterocycles. The SMILES string of the molecule is CC(=O)OC[C@@H]1O[C@@H](N=[N+]=[N-])[C@@H](O)[C@@H](O)[C@@H]1O. The van der Waals surface area contributed by atoms with E-state index in [1.807, 2.05) is 0 Å². The summed E-state index contributed by atoms with van der Waals surface area (Å²) in [5, 5.41) is 31.6. The molecule has 1 aliphatic heterocycles. The van der Waals surface area contributed by atoms with E-state index in [1.54, 1.807) is 0 Å². The number of aliphatic hydroxyl groups is 3. The van der Waals surface area contributed by atoms with Crippen LogP contribution in [-0.4, -0.2) is 58.5 Å². The van der Waals surface area contributed by atoms with Crippen LogP contribution in [-0.2, 0) is 14.3 Å². The van der Waals surface area contributed by atoms with E-state index < -0.39 is 36.6 Å². The molecule has 0 spiro atoms. The number of rotatable bonds is 3. The Morgan fingerprint density at radius 2 is 2.06 bits per heavy atom. The number of ether oxygens (including phenoxy) is 2. The molecule has 9 heteroatoms. The summed E-state index contributed by atoms with van der Waals surface area (Å²) in [5.74, 6) is -0.582. The van der Waals surface area contributed by atoms with Gasteiger partial charge in [-0.15, -0.1) is 0 Å². The van der Waals surface area contributed by atoms with Crippen LogP contribution in [0.1, 0.15) is 6.92 Å². The van der Waals surface area contributed by atoms with Crippen LogP contribution in [0.3, 0.4) is 0 Å². The van der Waals surface area contributed by atoms with Crippen molar-refractivity contribution in [3.8, 4) is 0 Å². The Labute approximate surface area is 96.2 Å². The van der Waals surface area contributed by atoms with Gasteiger partial charge in [0.05, 0.1) is 0 Å². The number of nitrogens with zero attached hydrogens (tertiary/aromatic N) is 3. The van der Waals surface area contributed by atoms with Crippen molar-refractivity contribution in [3.63, 3.8) is 0 Å². The minimum atomic E-state index is -1.54. The zero-order valence-electron chi connectivity index (χ0n) is 9.00. The third kappa shape index (κ3) is 3.29. The monoisotopic (exact) mass is 247 g/mol.